The van der Waals surface area contributed by atoms with E-state index >= 15 is 0 Å². The molecule has 0 aliphatic rings. The van der Waals surface area contributed by atoms with Crippen molar-refractivity contribution in [2.75, 3.05) is 26.9 Å². The molecule has 0 aliphatic heterocycles. The summed E-state index contributed by atoms with van der Waals surface area (Å²) in [5.41, 5.74) is 2.58. The number of hydrogen-bond donors (Lipinski definition) is 1. The minimum Gasteiger partial charge on any atom is -0.492 e. The summed E-state index contributed by atoms with van der Waals surface area (Å²) in [5, 5.41) is 3.36. The van der Waals surface area contributed by atoms with E-state index in [-0.39, 0.29) is 0 Å². The summed E-state index contributed by atoms with van der Waals surface area (Å²) >= 11 is 0. The van der Waals surface area contributed by atoms with Gasteiger partial charge in [0.15, 0.2) is 0 Å². The fraction of sp³-hybridized carbons (Fsp3) is 0.625. The number of benzene rings is 1. The predicted molar refractivity (Wildman–Crippen MR) is 80.1 cm³/mol. The van der Waals surface area contributed by atoms with Crippen molar-refractivity contribution >= 4 is 0 Å². The van der Waals surface area contributed by atoms with Gasteiger partial charge in [-0.05, 0) is 43.0 Å². The van der Waals surface area contributed by atoms with Gasteiger partial charge in [-0.25, -0.2) is 0 Å². The van der Waals surface area contributed by atoms with E-state index in [1.165, 1.54) is 11.1 Å². The molecule has 0 amide bonds. The monoisotopic (exact) mass is 265 g/mol. The van der Waals surface area contributed by atoms with Gasteiger partial charge in [-0.15, -0.1) is 0 Å². The Bertz CT molecular complexity index is 377. The van der Waals surface area contributed by atoms with Crippen molar-refractivity contribution in [1.82, 2.24) is 5.32 Å². The van der Waals surface area contributed by atoms with Crippen molar-refractivity contribution < 1.29 is 9.47 Å². The van der Waals surface area contributed by atoms with E-state index in [1.807, 2.05) is 0 Å². The Labute approximate surface area is 117 Å². The zero-order valence-electron chi connectivity index (χ0n) is 12.8. The van der Waals surface area contributed by atoms with Crippen molar-refractivity contribution in [2.45, 2.75) is 39.7 Å². The molecule has 0 fully saturated rings. The molecule has 19 heavy (non-hydrogen) atoms. The molecular formula is C16H27NO2. The third kappa shape index (κ3) is 6.08. The fourth-order valence-corrected chi connectivity index (χ4v) is 1.98. The minimum atomic E-state index is 0.359. The van der Waals surface area contributed by atoms with Crippen LogP contribution in [0.5, 0.6) is 5.75 Å². The summed E-state index contributed by atoms with van der Waals surface area (Å²) in [7, 11) is 1.72. The Kier molecular flexibility index (Phi) is 6.89. The van der Waals surface area contributed by atoms with E-state index in [0.717, 1.165) is 18.9 Å². The number of nitrogens with one attached hydrogen (secondary N) is 1. The van der Waals surface area contributed by atoms with Crippen molar-refractivity contribution in [1.29, 1.82) is 0 Å². The average molecular weight is 265 g/mol. The third-order valence-electron chi connectivity index (χ3n) is 3.02. The van der Waals surface area contributed by atoms with Crippen molar-refractivity contribution in [3.05, 3.63) is 29.3 Å². The van der Waals surface area contributed by atoms with E-state index < -0.39 is 0 Å². The molecule has 1 rings (SSSR count). The SMILES string of the molecule is COCC(C)NCCOc1cc(C)cc(C(C)C)c1. The summed E-state index contributed by atoms with van der Waals surface area (Å²) in [5.74, 6) is 1.49. The molecule has 1 aromatic carbocycles. The van der Waals surface area contributed by atoms with Gasteiger partial charge < -0.3 is 14.8 Å². The smallest absolute Gasteiger partial charge is 0.119 e. The zero-order valence-corrected chi connectivity index (χ0v) is 12.8. The predicted octanol–water partition coefficient (Wildman–Crippen LogP) is 3.12. The van der Waals surface area contributed by atoms with Crippen LogP contribution in [0.2, 0.25) is 0 Å². The number of rotatable bonds is 8. The van der Waals surface area contributed by atoms with Crippen LogP contribution in [0.4, 0.5) is 0 Å². The molecule has 0 aliphatic carbocycles. The Morgan fingerprint density at radius 1 is 1.16 bits per heavy atom. The molecular weight excluding hydrogens is 238 g/mol. The molecule has 0 saturated heterocycles. The van der Waals surface area contributed by atoms with Crippen molar-refractivity contribution in [2.24, 2.45) is 0 Å². The Balaban J connectivity index is 2.41. The van der Waals surface area contributed by atoms with Crippen LogP contribution in [-0.2, 0) is 4.74 Å². The average Bonchev–Trinajstić information content (AvgIpc) is 2.34. The fourth-order valence-electron chi connectivity index (χ4n) is 1.98. The standard InChI is InChI=1S/C16H27NO2/c1-12(2)15-8-13(3)9-16(10-15)19-7-6-17-14(4)11-18-5/h8-10,12,14,17H,6-7,11H2,1-5H3. The van der Waals surface area contributed by atoms with Crippen LogP contribution < -0.4 is 10.1 Å². The van der Waals surface area contributed by atoms with Crippen LogP contribution in [0.1, 0.15) is 37.8 Å². The molecule has 0 bridgehead atoms. The largest absolute Gasteiger partial charge is 0.492 e. The Hall–Kier alpha value is -1.06. The van der Waals surface area contributed by atoms with Gasteiger partial charge in [0.1, 0.15) is 12.4 Å². The topological polar surface area (TPSA) is 30.5 Å². The summed E-state index contributed by atoms with van der Waals surface area (Å²) in [6.45, 7) is 10.8. The maximum absolute atomic E-state index is 5.80. The second-order valence-electron chi connectivity index (χ2n) is 5.39. The van der Waals surface area contributed by atoms with Crippen molar-refractivity contribution in [3.8, 4) is 5.75 Å². The molecule has 0 saturated carbocycles. The molecule has 0 spiro atoms. The summed E-state index contributed by atoms with van der Waals surface area (Å²) in [6, 6.07) is 6.80. The van der Waals surface area contributed by atoms with Crippen LogP contribution in [0.15, 0.2) is 18.2 Å². The lowest BCUT2D eigenvalue weighted by Crippen LogP contribution is -2.33. The van der Waals surface area contributed by atoms with E-state index in [0.29, 0.717) is 18.6 Å². The molecule has 1 N–H and O–H groups in total. The Morgan fingerprint density at radius 2 is 1.89 bits per heavy atom. The maximum Gasteiger partial charge on any atom is 0.119 e. The first-order chi connectivity index (χ1) is 9.02. The molecule has 1 aromatic rings. The van der Waals surface area contributed by atoms with Gasteiger partial charge in [0.2, 0.25) is 0 Å². The second kappa shape index (κ2) is 8.18. The number of ether oxygens (including phenoxy) is 2. The number of aryl methyl sites for hydroxylation is 1. The van der Waals surface area contributed by atoms with Gasteiger partial charge in [0.05, 0.1) is 6.61 Å². The normalized spacial score (nSPS) is 12.7. The zero-order chi connectivity index (χ0) is 14.3. The minimum absolute atomic E-state index is 0.359. The highest BCUT2D eigenvalue weighted by Gasteiger charge is 2.04. The maximum atomic E-state index is 5.80. The lowest BCUT2D eigenvalue weighted by Gasteiger charge is -2.14. The number of hydrogen-bond acceptors (Lipinski definition) is 3. The summed E-state index contributed by atoms with van der Waals surface area (Å²) in [6.07, 6.45) is 0. The van der Waals surface area contributed by atoms with Gasteiger partial charge >= 0.3 is 0 Å². The van der Waals surface area contributed by atoms with Crippen LogP contribution in [0.25, 0.3) is 0 Å². The van der Waals surface area contributed by atoms with Crippen LogP contribution >= 0.6 is 0 Å². The summed E-state index contributed by atoms with van der Waals surface area (Å²) in [4.78, 5) is 0. The van der Waals surface area contributed by atoms with E-state index in [4.69, 9.17) is 9.47 Å². The van der Waals surface area contributed by atoms with Gasteiger partial charge in [0.25, 0.3) is 0 Å². The van der Waals surface area contributed by atoms with Crippen LogP contribution in [0, 0.1) is 6.92 Å². The van der Waals surface area contributed by atoms with Crippen LogP contribution in [-0.4, -0.2) is 32.9 Å². The second-order valence-corrected chi connectivity index (χ2v) is 5.39. The highest BCUT2D eigenvalue weighted by atomic mass is 16.5. The first-order valence-electron chi connectivity index (χ1n) is 6.99. The molecule has 0 radical (unpaired) electrons. The van der Waals surface area contributed by atoms with E-state index in [2.05, 4.69) is 51.2 Å². The molecule has 1 unspecified atom stereocenters. The van der Waals surface area contributed by atoms with Gasteiger partial charge in [-0.3, -0.25) is 0 Å². The first-order valence-corrected chi connectivity index (χ1v) is 6.99. The van der Waals surface area contributed by atoms with E-state index in [1.54, 1.807) is 7.11 Å². The van der Waals surface area contributed by atoms with Gasteiger partial charge in [-0.2, -0.15) is 0 Å². The Morgan fingerprint density at radius 3 is 2.53 bits per heavy atom. The quantitative estimate of drug-likeness (QED) is 0.733. The van der Waals surface area contributed by atoms with Gasteiger partial charge in [-0.1, -0.05) is 19.9 Å². The van der Waals surface area contributed by atoms with E-state index in [9.17, 15) is 0 Å². The highest BCUT2D eigenvalue weighted by molar-refractivity contribution is 5.35. The third-order valence-corrected chi connectivity index (χ3v) is 3.02. The lowest BCUT2D eigenvalue weighted by atomic mass is 10.0. The molecule has 108 valence electrons. The lowest BCUT2D eigenvalue weighted by molar-refractivity contribution is 0.169. The first kappa shape index (κ1) is 16.0. The van der Waals surface area contributed by atoms with Crippen molar-refractivity contribution in [3.63, 3.8) is 0 Å². The molecule has 0 aromatic heterocycles. The highest BCUT2D eigenvalue weighted by Crippen LogP contribution is 2.22. The molecule has 1 atom stereocenters. The molecule has 0 heterocycles. The van der Waals surface area contributed by atoms with Crippen LogP contribution in [0.3, 0.4) is 0 Å². The molecule has 3 heteroatoms. The van der Waals surface area contributed by atoms with Gasteiger partial charge in [0, 0.05) is 19.7 Å². The summed E-state index contributed by atoms with van der Waals surface area (Å²) < 4.78 is 10.9. The number of methoxy groups -OCH3 is 1. The molecule has 3 nitrogen and oxygen atoms in total.